The van der Waals surface area contributed by atoms with Gasteiger partial charge in [-0.2, -0.15) is 0 Å². The molecule has 4 rings (SSSR count). The van der Waals surface area contributed by atoms with E-state index in [1.54, 1.807) is 11.3 Å². The van der Waals surface area contributed by atoms with Gasteiger partial charge in [-0.3, -0.25) is 4.79 Å². The Morgan fingerprint density at radius 1 is 1.11 bits per heavy atom. The van der Waals surface area contributed by atoms with Crippen LogP contribution in [0.25, 0.3) is 10.2 Å². The first kappa shape index (κ1) is 17.8. The number of rotatable bonds is 5. The van der Waals surface area contributed by atoms with Crippen LogP contribution in [0.3, 0.4) is 0 Å². The number of halogens is 1. The second-order valence-electron chi connectivity index (χ2n) is 6.52. The van der Waals surface area contributed by atoms with Crippen LogP contribution in [0.15, 0.2) is 72.1 Å². The number of amides is 1. The molecule has 2 heterocycles. The van der Waals surface area contributed by atoms with Crippen LogP contribution >= 0.6 is 22.9 Å². The Morgan fingerprint density at radius 3 is 2.70 bits per heavy atom. The molecule has 0 fully saturated rings. The van der Waals surface area contributed by atoms with E-state index in [-0.39, 0.29) is 11.9 Å². The highest BCUT2D eigenvalue weighted by Gasteiger charge is 2.19. The molecule has 0 aliphatic heterocycles. The Morgan fingerprint density at radius 2 is 1.93 bits per heavy atom. The highest BCUT2D eigenvalue weighted by Crippen LogP contribution is 2.27. The second-order valence-corrected chi connectivity index (χ2v) is 7.91. The SMILES string of the molecule is CC(NC(=O)c1cc2sccc2n1Cc1cccc(Cl)c1)c1ccccc1. The lowest BCUT2D eigenvalue weighted by Gasteiger charge is -2.16. The number of hydrogen-bond acceptors (Lipinski definition) is 2. The van der Waals surface area contributed by atoms with Crippen LogP contribution in [0.1, 0.15) is 34.6 Å². The molecule has 2 aromatic heterocycles. The summed E-state index contributed by atoms with van der Waals surface area (Å²) in [5.74, 6) is -0.0724. The molecule has 0 saturated carbocycles. The number of hydrogen-bond donors (Lipinski definition) is 1. The minimum absolute atomic E-state index is 0.0637. The van der Waals surface area contributed by atoms with Crippen molar-refractivity contribution in [2.45, 2.75) is 19.5 Å². The topological polar surface area (TPSA) is 34.0 Å². The fraction of sp³-hybridized carbons (Fsp3) is 0.136. The van der Waals surface area contributed by atoms with Crippen LogP contribution in [0, 0.1) is 0 Å². The Kier molecular flexibility index (Phi) is 5.01. The first-order valence-electron chi connectivity index (χ1n) is 8.79. The lowest BCUT2D eigenvalue weighted by atomic mass is 10.1. The molecule has 2 aromatic carbocycles. The van der Waals surface area contributed by atoms with Crippen molar-refractivity contribution in [1.82, 2.24) is 9.88 Å². The molecule has 0 aliphatic carbocycles. The van der Waals surface area contributed by atoms with Crippen LogP contribution in [0.2, 0.25) is 5.02 Å². The standard InChI is InChI=1S/C22H19ClN2OS/c1-15(17-7-3-2-4-8-17)24-22(26)20-13-21-19(10-11-27-21)25(20)14-16-6-5-9-18(23)12-16/h2-13,15H,14H2,1H3,(H,24,26). The second kappa shape index (κ2) is 7.59. The number of nitrogens with one attached hydrogen (secondary N) is 1. The predicted octanol–water partition coefficient (Wildman–Crippen LogP) is 5.90. The Bertz CT molecular complexity index is 1080. The van der Waals surface area contributed by atoms with E-state index in [9.17, 15) is 4.79 Å². The molecule has 0 spiro atoms. The summed E-state index contributed by atoms with van der Waals surface area (Å²) in [7, 11) is 0. The van der Waals surface area contributed by atoms with Gasteiger partial charge < -0.3 is 9.88 Å². The highest BCUT2D eigenvalue weighted by atomic mass is 35.5. The highest BCUT2D eigenvalue weighted by molar-refractivity contribution is 7.17. The molecule has 1 unspecified atom stereocenters. The molecule has 27 heavy (non-hydrogen) atoms. The van der Waals surface area contributed by atoms with Crippen molar-refractivity contribution in [1.29, 1.82) is 0 Å². The van der Waals surface area contributed by atoms with E-state index in [1.165, 1.54) is 0 Å². The van der Waals surface area contributed by atoms with Crippen LogP contribution < -0.4 is 5.32 Å². The zero-order valence-corrected chi connectivity index (χ0v) is 16.4. The number of thiophene rings is 1. The van der Waals surface area contributed by atoms with Crippen molar-refractivity contribution in [2.24, 2.45) is 0 Å². The van der Waals surface area contributed by atoms with Gasteiger partial charge in [-0.05, 0) is 47.7 Å². The third-order valence-corrected chi connectivity index (χ3v) is 5.72. The van der Waals surface area contributed by atoms with E-state index in [1.807, 2.05) is 73.0 Å². The van der Waals surface area contributed by atoms with Gasteiger partial charge >= 0.3 is 0 Å². The number of nitrogens with zero attached hydrogens (tertiary/aromatic N) is 1. The summed E-state index contributed by atoms with van der Waals surface area (Å²) in [4.78, 5) is 13.0. The third kappa shape index (κ3) is 3.77. The van der Waals surface area contributed by atoms with Crippen molar-refractivity contribution in [3.8, 4) is 0 Å². The normalized spacial score (nSPS) is 12.2. The Hall–Kier alpha value is -2.56. The van der Waals surface area contributed by atoms with Gasteiger partial charge in [0, 0.05) is 11.6 Å². The van der Waals surface area contributed by atoms with Crippen molar-refractivity contribution in [3.63, 3.8) is 0 Å². The maximum Gasteiger partial charge on any atom is 0.268 e. The summed E-state index contributed by atoms with van der Waals surface area (Å²) in [6.07, 6.45) is 0. The smallest absolute Gasteiger partial charge is 0.268 e. The number of benzene rings is 2. The Labute approximate surface area is 167 Å². The third-order valence-electron chi connectivity index (χ3n) is 4.63. The molecule has 0 bridgehead atoms. The average molecular weight is 395 g/mol. The van der Waals surface area contributed by atoms with Crippen LogP contribution in [0.4, 0.5) is 0 Å². The molecular formula is C22H19ClN2OS. The molecule has 0 radical (unpaired) electrons. The summed E-state index contributed by atoms with van der Waals surface area (Å²) in [5, 5.41) is 5.87. The van der Waals surface area contributed by atoms with Crippen LogP contribution in [-0.2, 0) is 6.54 Å². The fourth-order valence-electron chi connectivity index (χ4n) is 3.25. The first-order chi connectivity index (χ1) is 13.1. The quantitative estimate of drug-likeness (QED) is 0.449. The van der Waals surface area contributed by atoms with Crippen molar-refractivity contribution >= 4 is 39.1 Å². The van der Waals surface area contributed by atoms with Gasteiger partial charge in [-0.15, -0.1) is 11.3 Å². The van der Waals surface area contributed by atoms with Gasteiger partial charge in [0.05, 0.1) is 16.3 Å². The van der Waals surface area contributed by atoms with Crippen LogP contribution in [0.5, 0.6) is 0 Å². The molecule has 136 valence electrons. The van der Waals surface area contributed by atoms with Gasteiger partial charge in [0.15, 0.2) is 0 Å². The average Bonchev–Trinajstić information content (AvgIpc) is 3.25. The molecule has 0 saturated heterocycles. The van der Waals surface area contributed by atoms with Crippen molar-refractivity contribution < 1.29 is 4.79 Å². The summed E-state index contributed by atoms with van der Waals surface area (Å²) in [6.45, 7) is 2.60. The lowest BCUT2D eigenvalue weighted by molar-refractivity contribution is 0.0931. The molecule has 4 aromatic rings. The first-order valence-corrected chi connectivity index (χ1v) is 10.0. The molecule has 0 aliphatic rings. The van der Waals surface area contributed by atoms with E-state index in [0.29, 0.717) is 17.3 Å². The molecule has 1 N–H and O–H groups in total. The van der Waals surface area contributed by atoms with Crippen LogP contribution in [-0.4, -0.2) is 10.5 Å². The lowest BCUT2D eigenvalue weighted by Crippen LogP contribution is -2.28. The maximum atomic E-state index is 13.0. The predicted molar refractivity (Wildman–Crippen MR) is 113 cm³/mol. The number of fused-ring (bicyclic) bond motifs is 1. The molecule has 1 atom stereocenters. The number of carbonyl (C=O) groups excluding carboxylic acids is 1. The summed E-state index contributed by atoms with van der Waals surface area (Å²) in [6, 6.07) is 21.7. The van der Waals surface area contributed by atoms with Gasteiger partial charge in [-0.1, -0.05) is 54.1 Å². The van der Waals surface area contributed by atoms with E-state index in [2.05, 4.69) is 16.0 Å². The van der Waals surface area contributed by atoms with E-state index in [4.69, 9.17) is 11.6 Å². The van der Waals surface area contributed by atoms with E-state index < -0.39 is 0 Å². The van der Waals surface area contributed by atoms with Crippen molar-refractivity contribution in [3.05, 3.63) is 94.0 Å². The number of carbonyl (C=O) groups is 1. The largest absolute Gasteiger partial charge is 0.344 e. The summed E-state index contributed by atoms with van der Waals surface area (Å²) < 4.78 is 3.17. The monoisotopic (exact) mass is 394 g/mol. The van der Waals surface area contributed by atoms with Gasteiger partial charge in [0.2, 0.25) is 0 Å². The molecule has 5 heteroatoms. The minimum atomic E-state index is -0.0724. The zero-order valence-electron chi connectivity index (χ0n) is 14.9. The van der Waals surface area contributed by atoms with E-state index >= 15 is 0 Å². The minimum Gasteiger partial charge on any atom is -0.344 e. The number of aromatic nitrogens is 1. The van der Waals surface area contributed by atoms with E-state index in [0.717, 1.165) is 21.3 Å². The maximum absolute atomic E-state index is 13.0. The van der Waals surface area contributed by atoms with Gasteiger partial charge in [-0.25, -0.2) is 0 Å². The summed E-state index contributed by atoms with van der Waals surface area (Å²) >= 11 is 7.78. The molecule has 3 nitrogen and oxygen atoms in total. The Balaban J connectivity index is 1.65. The van der Waals surface area contributed by atoms with Gasteiger partial charge in [0.1, 0.15) is 5.69 Å². The van der Waals surface area contributed by atoms with Gasteiger partial charge in [0.25, 0.3) is 5.91 Å². The summed E-state index contributed by atoms with van der Waals surface area (Å²) in [5.41, 5.74) is 3.88. The fourth-order valence-corrected chi connectivity index (χ4v) is 4.28. The zero-order chi connectivity index (χ0) is 18.8. The molecule has 1 amide bonds. The molecular weight excluding hydrogens is 376 g/mol. The van der Waals surface area contributed by atoms with Crippen molar-refractivity contribution in [2.75, 3.05) is 0 Å².